The zero-order valence-corrected chi connectivity index (χ0v) is 20.1. The molecule has 0 aliphatic carbocycles. The molecule has 39 heavy (non-hydrogen) atoms. The molecule has 1 aromatic carbocycles. The summed E-state index contributed by atoms with van der Waals surface area (Å²) in [7, 11) is 0. The van der Waals surface area contributed by atoms with Gasteiger partial charge in [-0.15, -0.1) is 0 Å². The number of hydrogen-bond donors (Lipinski definition) is 2. The maximum atomic E-state index is 13.1. The van der Waals surface area contributed by atoms with Crippen molar-refractivity contribution >= 4 is 28.7 Å². The summed E-state index contributed by atoms with van der Waals surface area (Å²) >= 11 is 0. The van der Waals surface area contributed by atoms with Crippen LogP contribution in [0.15, 0.2) is 54.9 Å². The van der Waals surface area contributed by atoms with Crippen molar-refractivity contribution < 1.29 is 31.1 Å². The van der Waals surface area contributed by atoms with Gasteiger partial charge < -0.3 is 15.2 Å². The Morgan fingerprint density at radius 3 is 2.46 bits per heavy atom. The number of nitrogens with zero attached hydrogens (tertiary/aromatic N) is 5. The Balaban J connectivity index is 1.28. The highest BCUT2D eigenvalue weighted by Crippen LogP contribution is 2.32. The number of piperazine rings is 1. The molecule has 0 unspecified atom stereocenters. The van der Waals surface area contributed by atoms with Crippen LogP contribution in [-0.4, -0.2) is 74.5 Å². The molecule has 1 aliphatic rings. The molecule has 14 heteroatoms. The minimum Gasteiger partial charge on any atom is -0.336 e. The SMILES string of the molecule is O=C(c1ccnc(Nc2nc3cc(-c4cccc(C(F)(F)F)c4)ncc3[nH]2)c1)N1CCN(CC(F)(F)F)CC1. The van der Waals surface area contributed by atoms with Gasteiger partial charge in [0.15, 0.2) is 0 Å². The van der Waals surface area contributed by atoms with Crippen molar-refractivity contribution in [3.63, 3.8) is 0 Å². The zero-order chi connectivity index (χ0) is 27.8. The van der Waals surface area contributed by atoms with E-state index >= 15 is 0 Å². The fraction of sp³-hybridized carbons (Fsp3) is 0.280. The van der Waals surface area contributed by atoms with Crippen LogP contribution < -0.4 is 5.32 Å². The van der Waals surface area contributed by atoms with Crippen molar-refractivity contribution in [2.45, 2.75) is 12.4 Å². The van der Waals surface area contributed by atoms with Crippen LogP contribution in [0.25, 0.3) is 22.3 Å². The monoisotopic (exact) mass is 549 g/mol. The Morgan fingerprint density at radius 2 is 1.74 bits per heavy atom. The van der Waals surface area contributed by atoms with Crippen LogP contribution in [0.4, 0.5) is 38.1 Å². The van der Waals surface area contributed by atoms with Gasteiger partial charge in [-0.05, 0) is 30.3 Å². The number of imidazole rings is 1. The van der Waals surface area contributed by atoms with Crippen LogP contribution in [0.1, 0.15) is 15.9 Å². The number of aromatic nitrogens is 4. The molecule has 4 aromatic rings. The Morgan fingerprint density at radius 1 is 0.974 bits per heavy atom. The van der Waals surface area contributed by atoms with Gasteiger partial charge in [0, 0.05) is 43.5 Å². The number of nitrogens with one attached hydrogen (secondary N) is 2. The molecule has 0 radical (unpaired) electrons. The van der Waals surface area contributed by atoms with E-state index in [1.54, 1.807) is 6.07 Å². The van der Waals surface area contributed by atoms with Gasteiger partial charge in [0.2, 0.25) is 5.95 Å². The first-order valence-corrected chi connectivity index (χ1v) is 11.8. The fourth-order valence-electron chi connectivity index (χ4n) is 4.28. The first-order valence-electron chi connectivity index (χ1n) is 11.8. The molecule has 1 fully saturated rings. The maximum absolute atomic E-state index is 13.1. The van der Waals surface area contributed by atoms with Gasteiger partial charge in [-0.3, -0.25) is 14.7 Å². The number of benzene rings is 1. The van der Waals surface area contributed by atoms with Crippen molar-refractivity contribution in [3.05, 3.63) is 66.0 Å². The third kappa shape index (κ3) is 6.28. The van der Waals surface area contributed by atoms with E-state index in [0.29, 0.717) is 28.1 Å². The van der Waals surface area contributed by atoms with Crippen molar-refractivity contribution in [2.75, 3.05) is 38.0 Å². The maximum Gasteiger partial charge on any atom is 0.416 e. The highest BCUT2D eigenvalue weighted by Gasteiger charge is 2.33. The van der Waals surface area contributed by atoms with Gasteiger partial charge in [-0.2, -0.15) is 26.3 Å². The minimum absolute atomic E-state index is 0.122. The molecular formula is C25H21F6N7O. The predicted octanol–water partition coefficient (Wildman–Crippen LogP) is 5.10. The lowest BCUT2D eigenvalue weighted by Gasteiger charge is -2.35. The van der Waals surface area contributed by atoms with E-state index in [1.165, 1.54) is 46.5 Å². The first-order chi connectivity index (χ1) is 18.4. The molecule has 0 bridgehead atoms. The van der Waals surface area contributed by atoms with Crippen LogP contribution in [0.5, 0.6) is 0 Å². The predicted molar refractivity (Wildman–Crippen MR) is 130 cm³/mol. The third-order valence-corrected chi connectivity index (χ3v) is 6.17. The summed E-state index contributed by atoms with van der Waals surface area (Å²) in [5.74, 6) is 0.235. The highest BCUT2D eigenvalue weighted by atomic mass is 19.4. The second-order valence-corrected chi connectivity index (χ2v) is 8.99. The molecule has 1 amide bonds. The Hall–Kier alpha value is -4.20. The number of H-pyrrole nitrogens is 1. The van der Waals surface area contributed by atoms with Gasteiger partial charge in [0.05, 0.1) is 35.0 Å². The number of aromatic amines is 1. The van der Waals surface area contributed by atoms with Crippen molar-refractivity contribution in [1.29, 1.82) is 0 Å². The summed E-state index contributed by atoms with van der Waals surface area (Å²) in [6, 6.07) is 9.41. The van der Waals surface area contributed by atoms with Crippen molar-refractivity contribution in [2.24, 2.45) is 0 Å². The largest absolute Gasteiger partial charge is 0.416 e. The number of fused-ring (bicyclic) bond motifs is 1. The van der Waals surface area contributed by atoms with Crippen LogP contribution in [0.2, 0.25) is 0 Å². The number of carbonyl (C=O) groups is 1. The number of hydrogen-bond acceptors (Lipinski definition) is 6. The number of amides is 1. The van der Waals surface area contributed by atoms with E-state index in [-0.39, 0.29) is 43.6 Å². The van der Waals surface area contributed by atoms with Gasteiger partial charge in [-0.25, -0.2) is 9.97 Å². The second-order valence-electron chi connectivity index (χ2n) is 8.99. The summed E-state index contributed by atoms with van der Waals surface area (Å²) in [5, 5.41) is 2.95. The van der Waals surface area contributed by atoms with Gasteiger partial charge in [0.1, 0.15) is 5.82 Å². The summed E-state index contributed by atoms with van der Waals surface area (Å²) in [4.78, 5) is 31.5. The molecule has 0 atom stereocenters. The molecule has 2 N–H and O–H groups in total. The number of rotatable bonds is 5. The first kappa shape index (κ1) is 26.4. The molecule has 1 aliphatic heterocycles. The van der Waals surface area contributed by atoms with E-state index < -0.39 is 24.5 Å². The number of pyridine rings is 2. The molecule has 5 rings (SSSR count). The third-order valence-electron chi connectivity index (χ3n) is 6.17. The summed E-state index contributed by atoms with van der Waals surface area (Å²) in [6.45, 7) is -0.420. The van der Waals surface area contributed by atoms with Crippen LogP contribution in [0, 0.1) is 0 Å². The molecule has 4 heterocycles. The van der Waals surface area contributed by atoms with E-state index in [4.69, 9.17) is 0 Å². The molecule has 0 spiro atoms. The lowest BCUT2D eigenvalue weighted by Crippen LogP contribution is -2.50. The average Bonchev–Trinajstić information content (AvgIpc) is 3.29. The highest BCUT2D eigenvalue weighted by molar-refractivity contribution is 5.95. The lowest BCUT2D eigenvalue weighted by molar-refractivity contribution is -0.148. The molecule has 0 saturated carbocycles. The molecule has 3 aromatic heterocycles. The lowest BCUT2D eigenvalue weighted by atomic mass is 10.1. The van der Waals surface area contributed by atoms with E-state index in [2.05, 4.69) is 25.3 Å². The Kier molecular flexibility index (Phi) is 6.89. The van der Waals surface area contributed by atoms with Gasteiger partial charge >= 0.3 is 12.4 Å². The van der Waals surface area contributed by atoms with E-state index in [0.717, 1.165) is 12.1 Å². The second kappa shape index (κ2) is 10.2. The van der Waals surface area contributed by atoms with Crippen molar-refractivity contribution in [3.8, 4) is 11.3 Å². The molecular weight excluding hydrogens is 528 g/mol. The van der Waals surface area contributed by atoms with Crippen LogP contribution in [0.3, 0.4) is 0 Å². The van der Waals surface area contributed by atoms with E-state index in [1.807, 2.05) is 0 Å². The molecule has 204 valence electrons. The number of halogens is 6. The topological polar surface area (TPSA) is 90.0 Å². The number of anilines is 2. The number of alkyl halides is 6. The average molecular weight is 549 g/mol. The minimum atomic E-state index is -4.48. The zero-order valence-electron chi connectivity index (χ0n) is 20.1. The van der Waals surface area contributed by atoms with Crippen LogP contribution >= 0.6 is 0 Å². The quantitative estimate of drug-likeness (QED) is 0.337. The number of carbonyl (C=O) groups excluding carboxylic acids is 1. The van der Waals surface area contributed by atoms with E-state index in [9.17, 15) is 31.1 Å². The molecule has 8 nitrogen and oxygen atoms in total. The standard InChI is InChI=1S/C25H21F6N7O/c26-24(27,28)14-37-6-8-38(9-7-37)22(39)16-4-5-32-21(11-16)36-23-34-19-12-18(33-13-20(19)35-23)15-2-1-3-17(10-15)25(29,30)31/h1-5,10-13H,6-9,14H2,(H2,32,34,35,36). The van der Waals surface area contributed by atoms with Gasteiger partial charge in [0.25, 0.3) is 5.91 Å². The van der Waals surface area contributed by atoms with Crippen molar-refractivity contribution in [1.82, 2.24) is 29.7 Å². The summed E-state index contributed by atoms with van der Waals surface area (Å²) < 4.78 is 77.1. The summed E-state index contributed by atoms with van der Waals surface area (Å²) in [5.41, 5.74) is 1.10. The Labute approximate surface area is 217 Å². The smallest absolute Gasteiger partial charge is 0.336 e. The fourth-order valence-corrected chi connectivity index (χ4v) is 4.28. The Bertz CT molecular complexity index is 1490. The van der Waals surface area contributed by atoms with Crippen LogP contribution in [-0.2, 0) is 6.18 Å². The summed E-state index contributed by atoms with van der Waals surface area (Å²) in [6.07, 6.45) is -5.89. The molecule has 1 saturated heterocycles. The normalized spacial score (nSPS) is 15.1. The van der Waals surface area contributed by atoms with Gasteiger partial charge in [-0.1, -0.05) is 12.1 Å².